The largest absolute Gasteiger partial charge is 0.317 e. The smallest absolute Gasteiger partial charge is 0.278 e. The summed E-state index contributed by atoms with van der Waals surface area (Å²) in [6.07, 6.45) is 0.692. The minimum Gasteiger partial charge on any atom is -0.317 e. The Balaban J connectivity index is 2.32. The highest BCUT2D eigenvalue weighted by Crippen LogP contribution is 2.42. The normalized spacial score (nSPS) is 18.4. The maximum atomic E-state index is 14.2. The van der Waals surface area contributed by atoms with Crippen LogP contribution in [-0.4, -0.2) is 13.1 Å². The van der Waals surface area contributed by atoms with E-state index in [-0.39, 0.29) is 5.02 Å². The van der Waals surface area contributed by atoms with Crippen molar-refractivity contribution >= 4 is 11.6 Å². The number of benzene rings is 1. The topological polar surface area (TPSA) is 12.0 Å². The van der Waals surface area contributed by atoms with Gasteiger partial charge in [0.15, 0.2) is 0 Å². The molecule has 1 aliphatic rings. The number of hydrogen-bond donors (Lipinski definition) is 1. The predicted molar refractivity (Wildman–Crippen MR) is 60.9 cm³/mol. The Morgan fingerprint density at radius 3 is 2.53 bits per heavy atom. The molecule has 94 valence electrons. The summed E-state index contributed by atoms with van der Waals surface area (Å²) in [5.41, 5.74) is -0.586. The lowest BCUT2D eigenvalue weighted by atomic mass is 9.87. The lowest BCUT2D eigenvalue weighted by molar-refractivity contribution is -0.0779. The molecule has 1 heterocycles. The van der Waals surface area contributed by atoms with Crippen LogP contribution in [0.4, 0.5) is 13.2 Å². The second-order valence-electron chi connectivity index (χ2n) is 4.27. The molecule has 0 saturated carbocycles. The zero-order chi connectivity index (χ0) is 12.5. The van der Waals surface area contributed by atoms with Gasteiger partial charge in [-0.1, -0.05) is 11.6 Å². The van der Waals surface area contributed by atoms with Gasteiger partial charge in [-0.3, -0.25) is 0 Å². The molecular formula is C12H13ClF3N. The minimum absolute atomic E-state index is 0.134. The van der Waals surface area contributed by atoms with E-state index >= 15 is 0 Å². The van der Waals surface area contributed by atoms with Crippen LogP contribution < -0.4 is 5.32 Å². The maximum Gasteiger partial charge on any atom is 0.278 e. The molecule has 0 radical (unpaired) electrons. The van der Waals surface area contributed by atoms with Crippen molar-refractivity contribution in [2.24, 2.45) is 5.92 Å². The van der Waals surface area contributed by atoms with Crippen LogP contribution in [0, 0.1) is 11.7 Å². The van der Waals surface area contributed by atoms with Crippen LogP contribution in [0.25, 0.3) is 0 Å². The van der Waals surface area contributed by atoms with Crippen molar-refractivity contribution in [3.8, 4) is 0 Å². The van der Waals surface area contributed by atoms with E-state index in [9.17, 15) is 13.2 Å². The van der Waals surface area contributed by atoms with Gasteiger partial charge in [-0.2, -0.15) is 0 Å². The molecule has 1 aromatic rings. The lowest BCUT2D eigenvalue weighted by Crippen LogP contribution is -2.37. The Hall–Kier alpha value is -0.740. The predicted octanol–water partition coefficient (Wildman–Crippen LogP) is 3.57. The monoisotopic (exact) mass is 263 g/mol. The molecular weight excluding hydrogens is 251 g/mol. The van der Waals surface area contributed by atoms with Crippen molar-refractivity contribution in [1.82, 2.24) is 5.32 Å². The molecule has 2 rings (SSSR count). The van der Waals surface area contributed by atoms with Crippen molar-refractivity contribution in [3.63, 3.8) is 0 Å². The van der Waals surface area contributed by atoms with Gasteiger partial charge in [-0.25, -0.2) is 13.2 Å². The molecule has 0 atom stereocenters. The SMILES string of the molecule is Fc1ccc(Cl)cc1C(F)(F)C1CCNCC1. The fourth-order valence-corrected chi connectivity index (χ4v) is 2.33. The molecule has 0 aliphatic carbocycles. The molecule has 1 fully saturated rings. The van der Waals surface area contributed by atoms with E-state index in [4.69, 9.17) is 11.6 Å². The Labute approximate surface area is 103 Å². The highest BCUT2D eigenvalue weighted by atomic mass is 35.5. The fourth-order valence-electron chi connectivity index (χ4n) is 2.16. The van der Waals surface area contributed by atoms with Crippen molar-refractivity contribution in [1.29, 1.82) is 0 Å². The van der Waals surface area contributed by atoms with Gasteiger partial charge in [-0.05, 0) is 44.1 Å². The summed E-state index contributed by atoms with van der Waals surface area (Å²) in [5.74, 6) is -4.87. The molecule has 1 aromatic carbocycles. The summed E-state index contributed by atoms with van der Waals surface area (Å²) in [6, 6.07) is 3.30. The lowest BCUT2D eigenvalue weighted by Gasteiger charge is -2.30. The second-order valence-corrected chi connectivity index (χ2v) is 4.71. The Morgan fingerprint density at radius 2 is 1.88 bits per heavy atom. The molecule has 0 unspecified atom stereocenters. The van der Waals surface area contributed by atoms with Crippen LogP contribution in [0.15, 0.2) is 18.2 Å². The van der Waals surface area contributed by atoms with Crippen LogP contribution in [0.2, 0.25) is 5.02 Å². The molecule has 5 heteroatoms. The van der Waals surface area contributed by atoms with Crippen molar-refractivity contribution in [2.75, 3.05) is 13.1 Å². The van der Waals surface area contributed by atoms with E-state index in [1.807, 2.05) is 0 Å². The first-order valence-corrected chi connectivity index (χ1v) is 5.93. The Kier molecular flexibility index (Phi) is 3.64. The van der Waals surface area contributed by atoms with Crippen LogP contribution >= 0.6 is 11.6 Å². The van der Waals surface area contributed by atoms with Gasteiger partial charge in [0.2, 0.25) is 0 Å². The maximum absolute atomic E-state index is 14.2. The van der Waals surface area contributed by atoms with E-state index in [0.717, 1.165) is 12.1 Å². The minimum atomic E-state index is -3.16. The number of rotatable bonds is 2. The van der Waals surface area contributed by atoms with E-state index in [2.05, 4.69) is 5.32 Å². The third-order valence-corrected chi connectivity index (χ3v) is 3.37. The van der Waals surface area contributed by atoms with E-state index in [1.165, 1.54) is 6.07 Å². The van der Waals surface area contributed by atoms with Crippen molar-refractivity contribution < 1.29 is 13.2 Å². The molecule has 0 aromatic heterocycles. The van der Waals surface area contributed by atoms with Crippen LogP contribution in [0.5, 0.6) is 0 Å². The summed E-state index contributed by atoms with van der Waals surface area (Å²) in [6.45, 7) is 1.09. The zero-order valence-corrected chi connectivity index (χ0v) is 9.91. The number of alkyl halides is 2. The van der Waals surface area contributed by atoms with Gasteiger partial charge < -0.3 is 5.32 Å². The average Bonchev–Trinajstić information content (AvgIpc) is 2.33. The first-order valence-electron chi connectivity index (χ1n) is 5.56. The summed E-state index contributed by atoms with van der Waals surface area (Å²) in [4.78, 5) is 0. The third-order valence-electron chi connectivity index (χ3n) is 3.14. The summed E-state index contributed by atoms with van der Waals surface area (Å²) < 4.78 is 41.8. The van der Waals surface area contributed by atoms with E-state index in [0.29, 0.717) is 25.9 Å². The van der Waals surface area contributed by atoms with Gasteiger partial charge in [0.25, 0.3) is 5.92 Å². The van der Waals surface area contributed by atoms with Gasteiger partial charge in [0.1, 0.15) is 5.82 Å². The van der Waals surface area contributed by atoms with E-state index in [1.54, 1.807) is 0 Å². The van der Waals surface area contributed by atoms with Crippen LogP contribution in [0.3, 0.4) is 0 Å². The third kappa shape index (κ3) is 2.58. The first kappa shape index (κ1) is 12.7. The standard InChI is InChI=1S/C12H13ClF3N/c13-9-1-2-11(14)10(7-9)12(15,16)8-3-5-17-6-4-8/h1-2,7-8,17H,3-6H2. The number of halogens is 4. The summed E-state index contributed by atoms with van der Waals surface area (Å²) in [5, 5.41) is 3.15. The summed E-state index contributed by atoms with van der Waals surface area (Å²) >= 11 is 5.65. The van der Waals surface area contributed by atoms with E-state index < -0.39 is 23.2 Å². The molecule has 0 bridgehead atoms. The van der Waals surface area contributed by atoms with Gasteiger partial charge in [-0.15, -0.1) is 0 Å². The number of hydrogen-bond acceptors (Lipinski definition) is 1. The molecule has 17 heavy (non-hydrogen) atoms. The van der Waals surface area contributed by atoms with Gasteiger partial charge >= 0.3 is 0 Å². The molecule has 1 N–H and O–H groups in total. The van der Waals surface area contributed by atoms with Crippen LogP contribution in [-0.2, 0) is 5.92 Å². The van der Waals surface area contributed by atoms with Crippen molar-refractivity contribution in [2.45, 2.75) is 18.8 Å². The number of piperidine rings is 1. The number of nitrogens with one attached hydrogen (secondary N) is 1. The van der Waals surface area contributed by atoms with Crippen molar-refractivity contribution in [3.05, 3.63) is 34.6 Å². The summed E-state index contributed by atoms with van der Waals surface area (Å²) in [7, 11) is 0. The molecule has 1 nitrogen and oxygen atoms in total. The van der Waals surface area contributed by atoms with Gasteiger partial charge in [0.05, 0.1) is 5.56 Å². The molecule has 1 saturated heterocycles. The molecule has 0 spiro atoms. The highest BCUT2D eigenvalue weighted by molar-refractivity contribution is 6.30. The quantitative estimate of drug-likeness (QED) is 0.860. The second kappa shape index (κ2) is 4.86. The average molecular weight is 264 g/mol. The molecule has 0 amide bonds. The highest BCUT2D eigenvalue weighted by Gasteiger charge is 2.43. The zero-order valence-electron chi connectivity index (χ0n) is 9.15. The van der Waals surface area contributed by atoms with Crippen LogP contribution in [0.1, 0.15) is 18.4 Å². The Bertz CT molecular complexity index is 403. The molecule has 1 aliphatic heterocycles. The fraction of sp³-hybridized carbons (Fsp3) is 0.500. The Morgan fingerprint density at radius 1 is 1.24 bits per heavy atom. The first-order chi connectivity index (χ1) is 8.01. The van der Waals surface area contributed by atoms with Gasteiger partial charge in [0, 0.05) is 10.9 Å².